The lowest BCUT2D eigenvalue weighted by Gasteiger charge is -2.39. The van der Waals surface area contributed by atoms with Crippen LogP contribution in [0, 0.1) is 12.8 Å². The van der Waals surface area contributed by atoms with Gasteiger partial charge >= 0.3 is 0 Å². The molecule has 3 aromatic carbocycles. The van der Waals surface area contributed by atoms with E-state index < -0.39 is 33.8 Å². The molecule has 0 spiro atoms. The van der Waals surface area contributed by atoms with Crippen LogP contribution in [0.3, 0.4) is 0 Å². The molecule has 0 bridgehead atoms. The van der Waals surface area contributed by atoms with Crippen molar-refractivity contribution in [1.82, 2.24) is 4.31 Å². The van der Waals surface area contributed by atoms with E-state index >= 15 is 0 Å². The first-order valence-electron chi connectivity index (χ1n) is 12.0. The first-order chi connectivity index (χ1) is 15.8. The van der Waals surface area contributed by atoms with Crippen molar-refractivity contribution in [3.05, 3.63) is 102 Å². The van der Waals surface area contributed by atoms with E-state index in [9.17, 15) is 9.79 Å². The predicted molar refractivity (Wildman–Crippen MR) is 124 cm³/mol. The van der Waals surface area contributed by atoms with Gasteiger partial charge in [0.25, 0.3) is 0 Å². The molecule has 2 aliphatic rings. The molecule has 0 unspecified atom stereocenters. The molecule has 3 atom stereocenters. The molecule has 4 heteroatoms. The summed E-state index contributed by atoms with van der Waals surface area (Å²) in [5.41, 5.74) is 2.00. The van der Waals surface area contributed by atoms with Crippen molar-refractivity contribution in [3.8, 4) is 0 Å². The van der Waals surface area contributed by atoms with E-state index in [4.69, 9.17) is 1.37 Å². The summed E-state index contributed by atoms with van der Waals surface area (Å²) in [6, 6.07) is 25.9. The van der Waals surface area contributed by atoms with E-state index in [1.54, 1.807) is 24.3 Å². The summed E-state index contributed by atoms with van der Waals surface area (Å²) in [5.74, 6) is -1.15. The fourth-order valence-electron chi connectivity index (χ4n) is 5.29. The van der Waals surface area contributed by atoms with Gasteiger partial charge in [-0.1, -0.05) is 91.2 Å². The molecular formula is C27H29NO2S. The highest BCUT2D eigenvalue weighted by atomic mass is 32.2. The Morgan fingerprint density at radius 2 is 1.48 bits per heavy atom. The second-order valence-corrected chi connectivity index (χ2v) is 10.5. The Morgan fingerprint density at radius 1 is 0.903 bits per heavy atom. The van der Waals surface area contributed by atoms with Crippen molar-refractivity contribution in [2.75, 3.05) is 6.54 Å². The van der Waals surface area contributed by atoms with Crippen LogP contribution < -0.4 is 0 Å². The molecule has 31 heavy (non-hydrogen) atoms. The van der Waals surface area contributed by atoms with Gasteiger partial charge in [-0.3, -0.25) is 0 Å². The maximum atomic E-state index is 14.0. The first kappa shape index (κ1) is 18.2. The smallest absolute Gasteiger partial charge is 0.207 e. The number of aryl methyl sites for hydroxylation is 1. The molecule has 1 aliphatic carbocycles. The van der Waals surface area contributed by atoms with E-state index in [0.29, 0.717) is 12.8 Å². The number of hydrogen-bond acceptors (Lipinski definition) is 2. The quantitative estimate of drug-likeness (QED) is 0.541. The highest BCUT2D eigenvalue weighted by Crippen LogP contribution is 2.54. The number of sulfonamides is 1. The van der Waals surface area contributed by atoms with Crippen LogP contribution in [0.15, 0.2) is 89.8 Å². The summed E-state index contributed by atoms with van der Waals surface area (Å²) in [5, 5.41) is 0. The van der Waals surface area contributed by atoms with E-state index in [1.807, 2.05) is 67.6 Å². The molecule has 1 heterocycles. The monoisotopic (exact) mass is 433 g/mol. The Bertz CT molecular complexity index is 1190. The molecule has 1 saturated carbocycles. The Morgan fingerprint density at radius 3 is 2.06 bits per heavy atom. The number of fused-ring (bicyclic) bond motifs is 1. The van der Waals surface area contributed by atoms with Crippen molar-refractivity contribution in [2.24, 2.45) is 5.89 Å². The minimum Gasteiger partial charge on any atom is -0.207 e. The summed E-state index contributed by atoms with van der Waals surface area (Å²) >= 11 is 0. The van der Waals surface area contributed by atoms with E-state index in [-0.39, 0.29) is 11.4 Å². The maximum Gasteiger partial charge on any atom is 0.243 e. The molecule has 3 aromatic rings. The minimum atomic E-state index is -3.89. The number of hydrogen-bond donors (Lipinski definition) is 0. The van der Waals surface area contributed by atoms with E-state index in [2.05, 4.69) is 0 Å². The van der Waals surface area contributed by atoms with Crippen LogP contribution >= 0.6 is 0 Å². The van der Waals surface area contributed by atoms with E-state index in [0.717, 1.165) is 23.1 Å². The van der Waals surface area contributed by atoms with Crippen molar-refractivity contribution < 1.29 is 11.2 Å². The molecule has 1 saturated heterocycles. The van der Waals surface area contributed by atoms with Crippen LogP contribution in [0.1, 0.15) is 45.1 Å². The fraction of sp³-hybridized carbons (Fsp3) is 0.333. The minimum absolute atomic E-state index is 0.154. The zero-order valence-corrected chi connectivity index (χ0v) is 18.6. The van der Waals surface area contributed by atoms with Gasteiger partial charge in [-0.2, -0.15) is 4.31 Å². The molecule has 160 valence electrons. The average Bonchev–Trinajstić information content (AvgIpc) is 3.12. The van der Waals surface area contributed by atoms with Gasteiger partial charge in [0, 0.05) is 20.7 Å². The van der Waals surface area contributed by atoms with Crippen LogP contribution in [0.4, 0.5) is 0 Å². The van der Waals surface area contributed by atoms with E-state index in [1.165, 1.54) is 4.31 Å². The average molecular weight is 434 g/mol. The Hall–Kier alpha value is -2.43. The third-order valence-corrected chi connectivity index (χ3v) is 8.65. The van der Waals surface area contributed by atoms with Gasteiger partial charge in [0.2, 0.25) is 10.0 Å². The van der Waals surface area contributed by atoms with Gasteiger partial charge in [-0.05, 0) is 48.9 Å². The second-order valence-electron chi connectivity index (χ2n) is 8.60. The molecule has 5 rings (SSSR count). The van der Waals surface area contributed by atoms with Crippen LogP contribution in [-0.4, -0.2) is 25.3 Å². The molecule has 0 N–H and O–H groups in total. The standard InChI is InChI=1S/C27H29NO2S/c1-21-16-18-24(19-17-21)31(29,30)28-20-27(22-10-4-2-5-11-22,23-12-6-3-7-13-23)25-14-8-9-15-26(25)28/h2-7,10-13,16-19,25-26H,8-9,14-15,20H2,1H3/t25-,26+/m0/s1/i15D,25D/t15-,25+,26-/m1. The largest absolute Gasteiger partial charge is 0.243 e. The van der Waals surface area contributed by atoms with Gasteiger partial charge < -0.3 is 0 Å². The third kappa shape index (κ3) is 3.33. The third-order valence-electron chi connectivity index (χ3n) is 6.81. The highest BCUT2D eigenvalue weighted by molar-refractivity contribution is 7.89. The lowest BCUT2D eigenvalue weighted by atomic mass is 9.63. The van der Waals surface area contributed by atoms with Crippen molar-refractivity contribution in [2.45, 2.75) is 48.9 Å². The zero-order chi connectivity index (χ0) is 23.3. The molecular weight excluding hydrogens is 402 g/mol. The van der Waals surface area contributed by atoms with Crippen LogP contribution in [0.2, 0.25) is 0 Å². The molecule has 2 fully saturated rings. The summed E-state index contributed by atoms with van der Waals surface area (Å²) < 4.78 is 48.3. The second kappa shape index (κ2) is 7.92. The van der Waals surface area contributed by atoms with Crippen molar-refractivity contribution >= 4 is 10.0 Å². The number of benzene rings is 3. The van der Waals surface area contributed by atoms with Gasteiger partial charge in [0.15, 0.2) is 0 Å². The van der Waals surface area contributed by atoms with Crippen molar-refractivity contribution in [1.29, 1.82) is 0 Å². The van der Waals surface area contributed by atoms with Crippen LogP contribution in [0.25, 0.3) is 0 Å². The lowest BCUT2D eigenvalue weighted by Crippen LogP contribution is -2.39. The molecule has 0 aromatic heterocycles. The Kier molecular flexibility index (Phi) is 4.64. The lowest BCUT2D eigenvalue weighted by molar-refractivity contribution is 0.236. The highest BCUT2D eigenvalue weighted by Gasteiger charge is 2.57. The SMILES string of the molecule is [2H][C@@H]1CCC[C@@]2([2H])[C@@H]1N(S(=O)(=O)c1ccc(C)cc1)CC2(c1ccccc1)c1ccccc1. The zero-order valence-electron chi connectivity index (χ0n) is 19.7. The maximum absolute atomic E-state index is 14.0. The van der Waals surface area contributed by atoms with Gasteiger partial charge in [-0.25, -0.2) is 8.42 Å². The normalized spacial score (nSPS) is 29.1. The Labute approximate surface area is 188 Å². The predicted octanol–water partition coefficient (Wildman–Crippen LogP) is 5.54. The molecule has 0 radical (unpaired) electrons. The number of rotatable bonds is 4. The topological polar surface area (TPSA) is 37.4 Å². The van der Waals surface area contributed by atoms with Gasteiger partial charge in [0.05, 0.1) is 4.90 Å². The van der Waals surface area contributed by atoms with Crippen LogP contribution in [-0.2, 0) is 15.4 Å². The molecule has 3 nitrogen and oxygen atoms in total. The van der Waals surface area contributed by atoms with Crippen molar-refractivity contribution in [3.63, 3.8) is 0 Å². The van der Waals surface area contributed by atoms with Gasteiger partial charge in [0.1, 0.15) is 0 Å². The summed E-state index contributed by atoms with van der Waals surface area (Å²) in [4.78, 5) is 0.227. The first-order valence-corrected chi connectivity index (χ1v) is 12.4. The Balaban J connectivity index is 1.77. The fourth-order valence-corrected chi connectivity index (χ4v) is 6.92. The van der Waals surface area contributed by atoms with Crippen LogP contribution in [0.5, 0.6) is 0 Å². The summed E-state index contributed by atoms with van der Waals surface area (Å²) in [6.45, 7) is 2.08. The summed E-state index contributed by atoms with van der Waals surface area (Å²) in [7, 11) is -3.89. The number of nitrogens with zero attached hydrogens (tertiary/aromatic N) is 1. The molecule has 0 amide bonds. The summed E-state index contributed by atoms with van der Waals surface area (Å²) in [6.07, 6.45) is 1.25. The molecule has 1 aliphatic heterocycles. The van der Waals surface area contributed by atoms with Gasteiger partial charge in [-0.15, -0.1) is 0 Å².